The summed E-state index contributed by atoms with van der Waals surface area (Å²) in [6.45, 7) is 2.51. The molecule has 1 aromatic heterocycles. The Balaban J connectivity index is 1.46. The molecule has 174 valence electrons. The van der Waals surface area contributed by atoms with E-state index < -0.39 is 5.25 Å². The number of hydrogen-bond acceptors (Lipinski definition) is 6. The third kappa shape index (κ3) is 5.65. The van der Waals surface area contributed by atoms with Crippen molar-refractivity contribution < 1.29 is 14.3 Å². The summed E-state index contributed by atoms with van der Waals surface area (Å²) in [5, 5.41) is 3.45. The number of anilines is 1. The van der Waals surface area contributed by atoms with Crippen LogP contribution in [0.1, 0.15) is 6.92 Å². The van der Waals surface area contributed by atoms with Crippen molar-refractivity contribution in [1.82, 2.24) is 9.55 Å². The molecule has 0 aliphatic rings. The minimum Gasteiger partial charge on any atom is -0.457 e. The van der Waals surface area contributed by atoms with Crippen molar-refractivity contribution in [3.8, 4) is 11.5 Å². The SMILES string of the molecule is COCCn1c(S[C@@H](C)C(=O)Nc2ccc(Oc3ccccc3)cc2)nc2ccccc2c1=O. The van der Waals surface area contributed by atoms with Gasteiger partial charge in [0, 0.05) is 12.8 Å². The number of methoxy groups -OCH3 is 1. The molecule has 1 heterocycles. The first kappa shape index (κ1) is 23.5. The van der Waals surface area contributed by atoms with Gasteiger partial charge in [0.15, 0.2) is 5.16 Å². The summed E-state index contributed by atoms with van der Waals surface area (Å²) in [7, 11) is 1.58. The van der Waals surface area contributed by atoms with Crippen molar-refractivity contribution >= 4 is 34.3 Å². The number of aromatic nitrogens is 2. The van der Waals surface area contributed by atoms with E-state index in [4.69, 9.17) is 9.47 Å². The molecule has 0 aliphatic carbocycles. The number of benzene rings is 3. The third-order valence-electron chi connectivity index (χ3n) is 5.10. The first-order chi connectivity index (χ1) is 16.5. The molecule has 4 rings (SSSR count). The van der Waals surface area contributed by atoms with Gasteiger partial charge in [-0.2, -0.15) is 0 Å². The lowest BCUT2D eigenvalue weighted by molar-refractivity contribution is -0.115. The van der Waals surface area contributed by atoms with E-state index >= 15 is 0 Å². The number of hydrogen-bond donors (Lipinski definition) is 1. The molecule has 1 N–H and O–H groups in total. The fraction of sp³-hybridized carbons (Fsp3) is 0.192. The van der Waals surface area contributed by atoms with Crippen LogP contribution in [0.3, 0.4) is 0 Å². The van der Waals surface area contributed by atoms with Gasteiger partial charge < -0.3 is 14.8 Å². The number of nitrogens with one attached hydrogen (secondary N) is 1. The van der Waals surface area contributed by atoms with Crippen molar-refractivity contribution in [3.05, 3.63) is 89.2 Å². The van der Waals surface area contributed by atoms with Crippen LogP contribution in [0.5, 0.6) is 11.5 Å². The lowest BCUT2D eigenvalue weighted by atomic mass is 10.2. The van der Waals surface area contributed by atoms with E-state index in [-0.39, 0.29) is 11.5 Å². The molecule has 4 aromatic rings. The zero-order chi connectivity index (χ0) is 23.9. The molecule has 3 aromatic carbocycles. The highest BCUT2D eigenvalue weighted by Crippen LogP contribution is 2.25. The van der Waals surface area contributed by atoms with Gasteiger partial charge in [0.2, 0.25) is 5.91 Å². The Morgan fingerprint density at radius 1 is 1.00 bits per heavy atom. The summed E-state index contributed by atoms with van der Waals surface area (Å²) >= 11 is 1.24. The van der Waals surface area contributed by atoms with Crippen molar-refractivity contribution in [2.24, 2.45) is 0 Å². The Morgan fingerprint density at radius 3 is 2.41 bits per heavy atom. The first-order valence-electron chi connectivity index (χ1n) is 10.8. The number of carbonyl (C=O) groups excluding carboxylic acids is 1. The van der Waals surface area contributed by atoms with Gasteiger partial charge in [0.05, 0.1) is 29.3 Å². The van der Waals surface area contributed by atoms with Crippen molar-refractivity contribution in [2.75, 3.05) is 19.0 Å². The minimum atomic E-state index is -0.484. The summed E-state index contributed by atoms with van der Waals surface area (Å²) < 4.78 is 12.5. The van der Waals surface area contributed by atoms with Crippen LogP contribution < -0.4 is 15.6 Å². The molecule has 0 saturated heterocycles. The number of thioether (sulfide) groups is 1. The molecular formula is C26H25N3O4S. The largest absolute Gasteiger partial charge is 0.457 e. The highest BCUT2D eigenvalue weighted by atomic mass is 32.2. The van der Waals surface area contributed by atoms with Crippen LogP contribution in [0.4, 0.5) is 5.69 Å². The molecule has 0 fully saturated rings. The number of carbonyl (C=O) groups is 1. The molecule has 0 saturated carbocycles. The fourth-order valence-electron chi connectivity index (χ4n) is 3.30. The van der Waals surface area contributed by atoms with E-state index in [0.29, 0.717) is 40.6 Å². The molecule has 0 spiro atoms. The lowest BCUT2D eigenvalue weighted by Gasteiger charge is -2.16. The maximum atomic E-state index is 13.0. The van der Waals surface area contributed by atoms with Gasteiger partial charge in [-0.1, -0.05) is 42.1 Å². The lowest BCUT2D eigenvalue weighted by Crippen LogP contribution is -2.28. The van der Waals surface area contributed by atoms with Gasteiger partial charge in [-0.15, -0.1) is 0 Å². The Kier molecular flexibility index (Phi) is 7.61. The highest BCUT2D eigenvalue weighted by Gasteiger charge is 2.19. The summed E-state index contributed by atoms with van der Waals surface area (Å²) in [5.41, 5.74) is 1.11. The molecule has 0 bridgehead atoms. The van der Waals surface area contributed by atoms with Crippen LogP contribution in [0.15, 0.2) is 88.8 Å². The van der Waals surface area contributed by atoms with Crippen LogP contribution in [0.25, 0.3) is 10.9 Å². The monoisotopic (exact) mass is 475 g/mol. The topological polar surface area (TPSA) is 82.4 Å². The first-order valence-corrected chi connectivity index (χ1v) is 11.7. The number of ether oxygens (including phenoxy) is 2. The van der Waals surface area contributed by atoms with E-state index in [9.17, 15) is 9.59 Å². The Hall–Kier alpha value is -3.62. The van der Waals surface area contributed by atoms with Gasteiger partial charge in [0.1, 0.15) is 11.5 Å². The summed E-state index contributed by atoms with van der Waals surface area (Å²) in [5.74, 6) is 1.23. The fourth-order valence-corrected chi connectivity index (χ4v) is 4.24. The Labute approximate surface area is 201 Å². The molecule has 1 atom stereocenters. The number of fused-ring (bicyclic) bond motifs is 1. The van der Waals surface area contributed by atoms with Gasteiger partial charge in [0.25, 0.3) is 5.56 Å². The standard InChI is InChI=1S/C26H25N3O4S/c1-18(24(30)27-19-12-14-21(15-13-19)33-20-8-4-3-5-9-20)34-26-28-23-11-7-6-10-22(23)25(31)29(26)16-17-32-2/h3-15,18H,16-17H2,1-2H3,(H,27,30)/t18-/m0/s1. The molecule has 8 heteroatoms. The van der Waals surface area contributed by atoms with Crippen molar-refractivity contribution in [3.63, 3.8) is 0 Å². The van der Waals surface area contributed by atoms with E-state index in [1.165, 1.54) is 11.8 Å². The second-order valence-electron chi connectivity index (χ2n) is 7.55. The molecule has 7 nitrogen and oxygen atoms in total. The molecule has 0 unspecified atom stereocenters. The smallest absolute Gasteiger partial charge is 0.262 e. The maximum Gasteiger partial charge on any atom is 0.262 e. The van der Waals surface area contributed by atoms with Gasteiger partial charge in [-0.3, -0.25) is 14.2 Å². The summed E-state index contributed by atoms with van der Waals surface area (Å²) in [4.78, 5) is 30.5. The average Bonchev–Trinajstić information content (AvgIpc) is 2.85. The number of para-hydroxylation sites is 2. The Morgan fingerprint density at radius 2 is 1.68 bits per heavy atom. The van der Waals surface area contributed by atoms with Crippen LogP contribution >= 0.6 is 11.8 Å². The highest BCUT2D eigenvalue weighted by molar-refractivity contribution is 8.00. The number of nitrogens with zero attached hydrogens (tertiary/aromatic N) is 2. The minimum absolute atomic E-state index is 0.147. The molecular weight excluding hydrogens is 450 g/mol. The van der Waals surface area contributed by atoms with Crippen LogP contribution in [0.2, 0.25) is 0 Å². The average molecular weight is 476 g/mol. The van der Waals surface area contributed by atoms with Gasteiger partial charge in [-0.05, 0) is 55.5 Å². The van der Waals surface area contributed by atoms with Crippen molar-refractivity contribution in [2.45, 2.75) is 23.9 Å². The van der Waals surface area contributed by atoms with E-state index in [1.54, 1.807) is 55.0 Å². The van der Waals surface area contributed by atoms with E-state index in [2.05, 4.69) is 10.3 Å². The van der Waals surface area contributed by atoms with Gasteiger partial charge >= 0.3 is 0 Å². The zero-order valence-electron chi connectivity index (χ0n) is 18.9. The van der Waals surface area contributed by atoms with Crippen LogP contribution in [0, 0.1) is 0 Å². The van der Waals surface area contributed by atoms with Crippen LogP contribution in [-0.2, 0) is 16.1 Å². The third-order valence-corrected chi connectivity index (χ3v) is 6.19. The van der Waals surface area contributed by atoms with E-state index in [1.807, 2.05) is 42.5 Å². The molecule has 0 radical (unpaired) electrons. The van der Waals surface area contributed by atoms with E-state index in [0.717, 1.165) is 5.75 Å². The van der Waals surface area contributed by atoms with Crippen molar-refractivity contribution in [1.29, 1.82) is 0 Å². The predicted molar refractivity (Wildman–Crippen MR) is 135 cm³/mol. The number of amides is 1. The maximum absolute atomic E-state index is 13.0. The zero-order valence-corrected chi connectivity index (χ0v) is 19.7. The summed E-state index contributed by atoms with van der Waals surface area (Å²) in [6, 6.07) is 23.9. The molecule has 34 heavy (non-hydrogen) atoms. The second kappa shape index (κ2) is 11.0. The predicted octanol–water partition coefficient (Wildman–Crippen LogP) is 4.95. The molecule has 0 aliphatic heterocycles. The molecule has 1 amide bonds. The Bertz CT molecular complexity index is 1320. The normalized spacial score (nSPS) is 11.8. The number of rotatable bonds is 9. The van der Waals surface area contributed by atoms with Gasteiger partial charge in [-0.25, -0.2) is 4.98 Å². The second-order valence-corrected chi connectivity index (χ2v) is 8.86. The summed E-state index contributed by atoms with van der Waals surface area (Å²) in [6.07, 6.45) is 0. The quantitative estimate of drug-likeness (QED) is 0.272. The van der Waals surface area contributed by atoms with Crippen LogP contribution in [-0.4, -0.2) is 34.4 Å².